The second-order valence-corrected chi connectivity index (χ2v) is 8.53. The van der Waals surface area contributed by atoms with Crippen LogP contribution in [0.25, 0.3) is 0 Å². The number of hydrogen-bond acceptors (Lipinski definition) is 4. The van der Waals surface area contributed by atoms with Crippen LogP contribution in [-0.4, -0.2) is 34.8 Å². The Morgan fingerprint density at radius 2 is 2.04 bits per heavy atom. The second-order valence-electron chi connectivity index (χ2n) is 6.49. The highest BCUT2D eigenvalue weighted by Gasteiger charge is 2.30. The van der Waals surface area contributed by atoms with Gasteiger partial charge in [-0.1, -0.05) is 54.2 Å². The van der Waals surface area contributed by atoms with Gasteiger partial charge in [0, 0.05) is 11.6 Å². The van der Waals surface area contributed by atoms with Gasteiger partial charge in [-0.15, -0.1) is 0 Å². The van der Waals surface area contributed by atoms with Gasteiger partial charge in [0.2, 0.25) is 5.91 Å². The molecule has 1 heterocycles. The van der Waals surface area contributed by atoms with Gasteiger partial charge in [0.25, 0.3) is 5.91 Å². The predicted octanol–water partition coefficient (Wildman–Crippen LogP) is 4.03. The number of aliphatic imine (C=N–C) groups is 1. The van der Waals surface area contributed by atoms with Crippen molar-refractivity contribution in [1.29, 1.82) is 0 Å². The standard InChI is InChI=1S/C18H21Cl2N3O2S/c19-11-6-7-13(14(20)10-11)16(24)21-9-8-15-17(25)23-18(26-15)22-12-4-2-1-3-5-12/h6-7,10,12,15H,1-5,8-9H2,(H,21,24)(H,22,23,25). The summed E-state index contributed by atoms with van der Waals surface area (Å²) in [5, 5.41) is 6.95. The molecule has 1 saturated heterocycles. The van der Waals surface area contributed by atoms with E-state index in [1.165, 1.54) is 37.1 Å². The van der Waals surface area contributed by atoms with E-state index >= 15 is 0 Å². The van der Waals surface area contributed by atoms with Gasteiger partial charge in [-0.3, -0.25) is 14.6 Å². The number of carbonyl (C=O) groups is 2. The minimum Gasteiger partial charge on any atom is -0.352 e. The lowest BCUT2D eigenvalue weighted by Crippen LogP contribution is -2.30. The highest BCUT2D eigenvalue weighted by molar-refractivity contribution is 8.15. The molecule has 1 atom stereocenters. The van der Waals surface area contributed by atoms with Gasteiger partial charge in [-0.25, -0.2) is 0 Å². The number of amides is 2. The van der Waals surface area contributed by atoms with E-state index in [2.05, 4.69) is 15.6 Å². The number of nitrogens with zero attached hydrogens (tertiary/aromatic N) is 1. The fraction of sp³-hybridized carbons (Fsp3) is 0.500. The van der Waals surface area contributed by atoms with Gasteiger partial charge < -0.3 is 10.6 Å². The smallest absolute Gasteiger partial charge is 0.252 e. The van der Waals surface area contributed by atoms with Crippen molar-refractivity contribution in [3.8, 4) is 0 Å². The molecule has 5 nitrogen and oxygen atoms in total. The summed E-state index contributed by atoms with van der Waals surface area (Å²) >= 11 is 13.3. The van der Waals surface area contributed by atoms with E-state index in [-0.39, 0.29) is 17.1 Å². The highest BCUT2D eigenvalue weighted by Crippen LogP contribution is 2.26. The van der Waals surface area contributed by atoms with Crippen LogP contribution in [0.2, 0.25) is 10.0 Å². The summed E-state index contributed by atoms with van der Waals surface area (Å²) in [5.41, 5.74) is 0.374. The number of amidine groups is 1. The summed E-state index contributed by atoms with van der Waals surface area (Å²) in [5.74, 6) is -0.311. The summed E-state index contributed by atoms with van der Waals surface area (Å²) in [6.45, 7) is 0.388. The molecule has 1 unspecified atom stereocenters. The van der Waals surface area contributed by atoms with Gasteiger partial charge in [-0.05, 0) is 37.5 Å². The zero-order chi connectivity index (χ0) is 18.5. The summed E-state index contributed by atoms with van der Waals surface area (Å²) in [7, 11) is 0. The maximum atomic E-state index is 12.2. The fourth-order valence-corrected chi connectivity index (χ4v) is 4.65. The number of carbonyl (C=O) groups excluding carboxylic acids is 2. The Balaban J connectivity index is 1.48. The largest absolute Gasteiger partial charge is 0.352 e. The SMILES string of the molecule is O=C(NCCC1SC(=NC2CCCCC2)NC1=O)c1ccc(Cl)cc1Cl. The molecular weight excluding hydrogens is 393 g/mol. The van der Waals surface area contributed by atoms with Crippen molar-refractivity contribution in [2.24, 2.45) is 4.99 Å². The Kier molecular flexibility index (Phi) is 6.84. The summed E-state index contributed by atoms with van der Waals surface area (Å²) < 4.78 is 0. The molecule has 0 aromatic heterocycles. The zero-order valence-corrected chi connectivity index (χ0v) is 16.6. The Morgan fingerprint density at radius 1 is 1.27 bits per heavy atom. The highest BCUT2D eigenvalue weighted by atomic mass is 35.5. The molecule has 1 aliphatic heterocycles. The maximum Gasteiger partial charge on any atom is 0.252 e. The molecule has 2 fully saturated rings. The Labute approximate surface area is 167 Å². The Morgan fingerprint density at radius 3 is 2.77 bits per heavy atom. The van der Waals surface area contributed by atoms with Crippen LogP contribution in [-0.2, 0) is 4.79 Å². The maximum absolute atomic E-state index is 12.2. The van der Waals surface area contributed by atoms with Crippen molar-refractivity contribution < 1.29 is 9.59 Å². The molecule has 0 radical (unpaired) electrons. The monoisotopic (exact) mass is 413 g/mol. The van der Waals surface area contributed by atoms with Crippen LogP contribution in [0.3, 0.4) is 0 Å². The Hall–Kier alpha value is -1.24. The van der Waals surface area contributed by atoms with Crippen LogP contribution >= 0.6 is 35.0 Å². The van der Waals surface area contributed by atoms with Crippen molar-refractivity contribution >= 4 is 51.9 Å². The first kappa shape index (κ1) is 19.5. The third kappa shape index (κ3) is 5.15. The average molecular weight is 414 g/mol. The molecule has 3 rings (SSSR count). The molecular formula is C18H21Cl2N3O2S. The van der Waals surface area contributed by atoms with Gasteiger partial charge >= 0.3 is 0 Å². The molecule has 2 aliphatic rings. The zero-order valence-electron chi connectivity index (χ0n) is 14.3. The molecule has 1 saturated carbocycles. The molecule has 26 heavy (non-hydrogen) atoms. The van der Waals surface area contributed by atoms with E-state index in [9.17, 15) is 9.59 Å². The molecule has 2 N–H and O–H groups in total. The molecule has 0 spiro atoms. The summed E-state index contributed by atoms with van der Waals surface area (Å²) in [6, 6.07) is 5.08. The number of hydrogen-bond donors (Lipinski definition) is 2. The predicted molar refractivity (Wildman–Crippen MR) is 107 cm³/mol. The van der Waals surface area contributed by atoms with Crippen LogP contribution in [0.5, 0.6) is 0 Å². The van der Waals surface area contributed by atoms with Gasteiger partial charge in [0.05, 0.1) is 21.9 Å². The van der Waals surface area contributed by atoms with Gasteiger partial charge in [0.1, 0.15) is 0 Å². The molecule has 1 aromatic rings. The number of rotatable bonds is 5. The number of thioether (sulfide) groups is 1. The van der Waals surface area contributed by atoms with Crippen LogP contribution in [0.1, 0.15) is 48.9 Å². The average Bonchev–Trinajstić information content (AvgIpc) is 2.95. The lowest BCUT2D eigenvalue weighted by Gasteiger charge is -2.17. The minimum absolute atomic E-state index is 0.0386. The number of halogens is 2. The lowest BCUT2D eigenvalue weighted by atomic mass is 9.96. The van der Waals surface area contributed by atoms with E-state index in [0.29, 0.717) is 34.6 Å². The molecule has 8 heteroatoms. The minimum atomic E-state index is -0.272. The number of nitrogens with one attached hydrogen (secondary N) is 2. The molecule has 140 valence electrons. The third-order valence-electron chi connectivity index (χ3n) is 4.52. The molecule has 1 aromatic carbocycles. The van der Waals surface area contributed by atoms with Crippen molar-refractivity contribution in [2.75, 3.05) is 6.54 Å². The van der Waals surface area contributed by atoms with Crippen molar-refractivity contribution in [1.82, 2.24) is 10.6 Å². The van der Waals surface area contributed by atoms with E-state index in [4.69, 9.17) is 23.2 Å². The first-order valence-electron chi connectivity index (χ1n) is 8.81. The van der Waals surface area contributed by atoms with Crippen molar-refractivity contribution in [3.05, 3.63) is 33.8 Å². The summed E-state index contributed by atoms with van der Waals surface area (Å²) in [4.78, 5) is 29.0. The summed E-state index contributed by atoms with van der Waals surface area (Å²) in [6.07, 6.45) is 6.44. The van der Waals surface area contributed by atoms with E-state index in [1.54, 1.807) is 12.1 Å². The van der Waals surface area contributed by atoms with Crippen LogP contribution in [0.4, 0.5) is 0 Å². The van der Waals surface area contributed by atoms with Crippen LogP contribution < -0.4 is 10.6 Å². The van der Waals surface area contributed by atoms with E-state index < -0.39 is 0 Å². The van der Waals surface area contributed by atoms with Crippen molar-refractivity contribution in [2.45, 2.75) is 49.8 Å². The number of benzene rings is 1. The van der Waals surface area contributed by atoms with Crippen LogP contribution in [0.15, 0.2) is 23.2 Å². The quantitative estimate of drug-likeness (QED) is 0.764. The van der Waals surface area contributed by atoms with E-state index in [1.807, 2.05) is 0 Å². The molecule has 1 aliphatic carbocycles. The fourth-order valence-electron chi connectivity index (χ4n) is 3.12. The molecule has 0 bridgehead atoms. The Bertz CT molecular complexity index is 720. The lowest BCUT2D eigenvalue weighted by molar-refractivity contribution is -0.118. The van der Waals surface area contributed by atoms with Crippen LogP contribution in [0, 0.1) is 0 Å². The molecule has 2 amide bonds. The van der Waals surface area contributed by atoms with E-state index in [0.717, 1.165) is 18.0 Å². The van der Waals surface area contributed by atoms with Crippen molar-refractivity contribution in [3.63, 3.8) is 0 Å². The van der Waals surface area contributed by atoms with Gasteiger partial charge in [-0.2, -0.15) is 0 Å². The van der Waals surface area contributed by atoms with Gasteiger partial charge in [0.15, 0.2) is 5.17 Å². The normalized spacial score (nSPS) is 22.5. The first-order chi connectivity index (χ1) is 12.5. The second kappa shape index (κ2) is 9.11. The first-order valence-corrected chi connectivity index (χ1v) is 10.4. The topological polar surface area (TPSA) is 70.6 Å². The third-order valence-corrected chi connectivity index (χ3v) is 6.23.